The van der Waals surface area contributed by atoms with Crippen molar-refractivity contribution in [3.63, 3.8) is 0 Å². The summed E-state index contributed by atoms with van der Waals surface area (Å²) in [6, 6.07) is 0. The van der Waals surface area contributed by atoms with Gasteiger partial charge in [-0.2, -0.15) is 0 Å². The highest BCUT2D eigenvalue weighted by Crippen LogP contribution is 2.18. The maximum absolute atomic E-state index is 10.8. The van der Waals surface area contributed by atoms with E-state index in [0.29, 0.717) is 13.0 Å². The maximum Gasteiger partial charge on any atom is 0.207 e. The Bertz CT molecular complexity index is 211. The van der Waals surface area contributed by atoms with E-state index in [1.54, 1.807) is 0 Å². The fraction of sp³-hybridized carbons (Fsp3) is 0.818. The molecule has 0 spiro atoms. The minimum Gasteiger partial charge on any atom is -0.345 e. The van der Waals surface area contributed by atoms with Gasteiger partial charge in [0, 0.05) is 13.1 Å². The van der Waals surface area contributed by atoms with Crippen molar-refractivity contribution in [2.75, 3.05) is 33.7 Å². The summed E-state index contributed by atoms with van der Waals surface area (Å²) in [5.74, 6) is 0. The molecule has 0 aromatic carbocycles. The van der Waals surface area contributed by atoms with Crippen LogP contribution in [0.5, 0.6) is 0 Å². The molecule has 5 heteroatoms. The number of amides is 1. The normalized spacial score (nSPS) is 24.4. The number of nitrogens with one attached hydrogen (secondary N) is 2. The lowest BCUT2D eigenvalue weighted by atomic mass is 10.0. The van der Waals surface area contributed by atoms with Crippen molar-refractivity contribution in [1.82, 2.24) is 15.5 Å². The lowest BCUT2D eigenvalue weighted by Gasteiger charge is -2.21. The Morgan fingerprint density at radius 3 is 2.44 bits per heavy atom. The molecule has 5 nitrogen and oxygen atoms in total. The Morgan fingerprint density at radius 1 is 1.38 bits per heavy atom. The van der Waals surface area contributed by atoms with Gasteiger partial charge in [0.1, 0.15) is 11.8 Å². The van der Waals surface area contributed by atoms with E-state index < -0.39 is 5.54 Å². The summed E-state index contributed by atoms with van der Waals surface area (Å²) in [6.45, 7) is 4.65. The monoisotopic (exact) mass is 229 g/mol. The predicted molar refractivity (Wildman–Crippen MR) is 64.3 cm³/mol. The number of aldehydes is 1. The van der Waals surface area contributed by atoms with Gasteiger partial charge in [-0.3, -0.25) is 4.79 Å². The minimum absolute atomic E-state index is 0.614. The van der Waals surface area contributed by atoms with Crippen LogP contribution < -0.4 is 10.6 Å². The fourth-order valence-electron chi connectivity index (χ4n) is 1.79. The molecule has 0 saturated carbocycles. The van der Waals surface area contributed by atoms with Gasteiger partial charge in [0.2, 0.25) is 6.41 Å². The molecule has 1 heterocycles. The second-order valence-electron chi connectivity index (χ2n) is 4.06. The quantitative estimate of drug-likeness (QED) is 0.631. The number of carbonyl (C=O) groups excluding carboxylic acids is 2. The molecule has 1 atom stereocenters. The van der Waals surface area contributed by atoms with Crippen molar-refractivity contribution in [3.05, 3.63) is 0 Å². The van der Waals surface area contributed by atoms with Gasteiger partial charge in [-0.05, 0) is 33.5 Å². The van der Waals surface area contributed by atoms with Crippen molar-refractivity contribution in [2.24, 2.45) is 0 Å². The van der Waals surface area contributed by atoms with E-state index in [2.05, 4.69) is 22.5 Å². The first-order valence-corrected chi connectivity index (χ1v) is 5.66. The summed E-state index contributed by atoms with van der Waals surface area (Å²) >= 11 is 0. The van der Waals surface area contributed by atoms with Crippen molar-refractivity contribution < 1.29 is 9.59 Å². The van der Waals surface area contributed by atoms with Crippen molar-refractivity contribution in [3.8, 4) is 0 Å². The predicted octanol–water partition coefficient (Wildman–Crippen LogP) is -0.379. The van der Waals surface area contributed by atoms with Gasteiger partial charge in [-0.15, -0.1) is 0 Å². The average molecular weight is 229 g/mol. The Morgan fingerprint density at radius 2 is 2.00 bits per heavy atom. The average Bonchev–Trinajstić information content (AvgIpc) is 2.65. The van der Waals surface area contributed by atoms with Gasteiger partial charge in [-0.1, -0.05) is 6.92 Å². The number of carbonyl (C=O) groups is 2. The van der Waals surface area contributed by atoms with Crippen molar-refractivity contribution in [2.45, 2.75) is 25.3 Å². The third-order valence-corrected chi connectivity index (χ3v) is 2.49. The molecular formula is C11H23N3O2. The van der Waals surface area contributed by atoms with E-state index in [1.165, 1.54) is 0 Å². The van der Waals surface area contributed by atoms with Crippen LogP contribution >= 0.6 is 0 Å². The second kappa shape index (κ2) is 8.24. The zero-order valence-electron chi connectivity index (χ0n) is 10.5. The lowest BCUT2D eigenvalue weighted by Crippen LogP contribution is -2.48. The summed E-state index contributed by atoms with van der Waals surface area (Å²) in [5.41, 5.74) is -0.614. The van der Waals surface area contributed by atoms with Crippen molar-refractivity contribution >= 4 is 12.7 Å². The third-order valence-electron chi connectivity index (χ3n) is 2.49. The highest BCUT2D eigenvalue weighted by Gasteiger charge is 2.36. The summed E-state index contributed by atoms with van der Waals surface area (Å²) in [4.78, 5) is 23.3. The molecule has 1 fully saturated rings. The van der Waals surface area contributed by atoms with Crippen LogP contribution in [0.4, 0.5) is 0 Å². The molecule has 94 valence electrons. The number of rotatable bonds is 5. The fourth-order valence-corrected chi connectivity index (χ4v) is 1.79. The number of hydrogen-bond donors (Lipinski definition) is 2. The molecule has 1 rings (SSSR count). The van der Waals surface area contributed by atoms with E-state index in [9.17, 15) is 9.59 Å². The van der Waals surface area contributed by atoms with E-state index in [0.717, 1.165) is 32.2 Å². The van der Waals surface area contributed by atoms with Gasteiger partial charge in [0.25, 0.3) is 0 Å². The topological polar surface area (TPSA) is 61.4 Å². The molecule has 16 heavy (non-hydrogen) atoms. The van der Waals surface area contributed by atoms with E-state index in [4.69, 9.17) is 0 Å². The molecular weight excluding hydrogens is 206 g/mol. The first kappa shape index (κ1) is 15.1. The second-order valence-corrected chi connectivity index (χ2v) is 4.06. The standard InChI is InChI=1S/C9H16N2O2.C2H7N/c1-2-4-11-5-3-9(6-11,7-12)10-8-13;1-3-2/h7-8H,2-6H2,1H3,(H,10,13);3H,1-2H3. The largest absolute Gasteiger partial charge is 0.345 e. The van der Waals surface area contributed by atoms with Gasteiger partial charge in [0.05, 0.1) is 0 Å². The Labute approximate surface area is 97.6 Å². The maximum atomic E-state index is 10.8. The van der Waals surface area contributed by atoms with Gasteiger partial charge in [-0.25, -0.2) is 0 Å². The molecule has 1 saturated heterocycles. The lowest BCUT2D eigenvalue weighted by molar-refractivity contribution is -0.118. The van der Waals surface area contributed by atoms with E-state index in [1.807, 2.05) is 14.1 Å². The first-order chi connectivity index (χ1) is 7.67. The van der Waals surface area contributed by atoms with Gasteiger partial charge >= 0.3 is 0 Å². The minimum atomic E-state index is -0.614. The van der Waals surface area contributed by atoms with Crippen LogP contribution in [-0.2, 0) is 9.59 Å². The Balaban J connectivity index is 0.000000673. The molecule has 1 amide bonds. The van der Waals surface area contributed by atoms with E-state index >= 15 is 0 Å². The molecule has 0 radical (unpaired) electrons. The van der Waals surface area contributed by atoms with Crippen LogP contribution in [0, 0.1) is 0 Å². The molecule has 0 aromatic heterocycles. The SMILES string of the molecule is CCCN1CCC(C=O)(NC=O)C1.CNC. The highest BCUT2D eigenvalue weighted by molar-refractivity contribution is 5.70. The highest BCUT2D eigenvalue weighted by atomic mass is 16.1. The summed E-state index contributed by atoms with van der Waals surface area (Å²) in [6.07, 6.45) is 3.28. The zero-order chi connectivity index (χ0) is 12.4. The van der Waals surface area contributed by atoms with Gasteiger partial charge < -0.3 is 20.3 Å². The Hall–Kier alpha value is -0.940. The Kier molecular flexibility index (Phi) is 7.76. The first-order valence-electron chi connectivity index (χ1n) is 5.66. The molecule has 1 unspecified atom stereocenters. The van der Waals surface area contributed by atoms with Crippen LogP contribution in [0.15, 0.2) is 0 Å². The summed E-state index contributed by atoms with van der Waals surface area (Å²) in [5, 5.41) is 5.36. The van der Waals surface area contributed by atoms with Crippen LogP contribution in [0.25, 0.3) is 0 Å². The third kappa shape index (κ3) is 4.72. The molecule has 0 aromatic rings. The van der Waals surface area contributed by atoms with Crippen LogP contribution in [0.3, 0.4) is 0 Å². The number of nitrogens with zero attached hydrogens (tertiary/aromatic N) is 1. The smallest absolute Gasteiger partial charge is 0.207 e. The molecule has 0 aliphatic carbocycles. The molecule has 2 N–H and O–H groups in total. The zero-order valence-corrected chi connectivity index (χ0v) is 10.5. The van der Waals surface area contributed by atoms with Crippen LogP contribution in [0.1, 0.15) is 19.8 Å². The van der Waals surface area contributed by atoms with Crippen LogP contribution in [-0.4, -0.2) is 56.9 Å². The summed E-state index contributed by atoms with van der Waals surface area (Å²) in [7, 11) is 3.75. The molecule has 0 bridgehead atoms. The van der Waals surface area contributed by atoms with Gasteiger partial charge in [0.15, 0.2) is 0 Å². The number of likely N-dealkylation sites (tertiary alicyclic amines) is 1. The van der Waals surface area contributed by atoms with Crippen LogP contribution in [0.2, 0.25) is 0 Å². The molecule has 1 aliphatic heterocycles. The number of hydrogen-bond acceptors (Lipinski definition) is 4. The van der Waals surface area contributed by atoms with Crippen molar-refractivity contribution in [1.29, 1.82) is 0 Å². The summed E-state index contributed by atoms with van der Waals surface area (Å²) < 4.78 is 0. The molecule has 1 aliphatic rings. The van der Waals surface area contributed by atoms with E-state index in [-0.39, 0.29) is 0 Å².